The van der Waals surface area contributed by atoms with Gasteiger partial charge in [0.05, 0.1) is 61.9 Å². The third kappa shape index (κ3) is 14.2. The Hall–Kier alpha value is -6.33. The molecule has 6 aromatic carbocycles. The van der Waals surface area contributed by atoms with Gasteiger partial charge in [0.1, 0.15) is 36.0 Å². The van der Waals surface area contributed by atoms with Crippen LogP contribution >= 0.6 is 23.1 Å². The Balaban J connectivity index is 0.805. The van der Waals surface area contributed by atoms with Crippen LogP contribution in [0.25, 0.3) is 38.5 Å². The van der Waals surface area contributed by atoms with E-state index < -0.39 is 10.1 Å². The van der Waals surface area contributed by atoms with E-state index in [1.165, 1.54) is 94.1 Å². The first-order chi connectivity index (χ1) is 37.3. The van der Waals surface area contributed by atoms with E-state index in [2.05, 4.69) is 131 Å². The van der Waals surface area contributed by atoms with Gasteiger partial charge in [0.2, 0.25) is 5.52 Å². The average molecular weight is 1080 g/mol. The number of para-hydroxylation sites is 1. The molecule has 0 bridgehead atoms. The fraction of sp³-hybridized carbons (Fsp3) is 0.274. The van der Waals surface area contributed by atoms with E-state index in [0.29, 0.717) is 84.3 Å². The standard InChI is InChI=1S/C62H62N2O9S3/c65-76(66,67)56-24-22-55(23-25-56)73-39-37-71-35-33-69-31-29-64-58-45-52(49-12-6-2-7-13-49)21-27-60(58)75-62(64)43-47-17-19-50-18-16-46(40-53(50)41-47)42-61-63(28-30-68-32-34-70-36-38-72-54-14-8-3-9-15-54)57-44-51(20-26-59(57)74-61)48-10-4-1-5-11-48/h1-15,20-27,40-45,50H,16-19,28-39H2/p+1. The molecule has 0 fully saturated rings. The van der Waals surface area contributed by atoms with E-state index in [0.717, 1.165) is 38.0 Å². The van der Waals surface area contributed by atoms with E-state index in [9.17, 15) is 13.0 Å². The molecule has 0 spiro atoms. The van der Waals surface area contributed by atoms with Crippen LogP contribution in [0.3, 0.4) is 0 Å². The van der Waals surface area contributed by atoms with Gasteiger partial charge in [-0.15, -0.1) is 0 Å². The molecule has 76 heavy (non-hydrogen) atoms. The Kier molecular flexibility index (Phi) is 18.3. The minimum Gasteiger partial charge on any atom is -0.491 e. The van der Waals surface area contributed by atoms with E-state index in [1.54, 1.807) is 0 Å². The van der Waals surface area contributed by atoms with Crippen LogP contribution in [0.2, 0.25) is 0 Å². The molecule has 0 amide bonds. The van der Waals surface area contributed by atoms with Crippen LogP contribution in [-0.4, -0.2) is 85.6 Å². The summed E-state index contributed by atoms with van der Waals surface area (Å²) in [6.07, 6.45) is 14.1. The second-order valence-corrected chi connectivity index (χ2v) is 22.2. The smallest absolute Gasteiger partial charge is 0.294 e. The zero-order chi connectivity index (χ0) is 51.9. The van der Waals surface area contributed by atoms with Crippen LogP contribution in [-0.2, 0) is 35.6 Å². The lowest BCUT2D eigenvalue weighted by molar-refractivity contribution is -0.670. The molecule has 1 aromatic heterocycles. The molecule has 10 rings (SSSR count). The van der Waals surface area contributed by atoms with E-state index in [4.69, 9.17) is 28.4 Å². The number of thioether (sulfide) groups is 1. The summed E-state index contributed by atoms with van der Waals surface area (Å²) in [5.74, 6) is 1.88. The summed E-state index contributed by atoms with van der Waals surface area (Å²) in [5, 5.41) is 2.42. The molecule has 14 heteroatoms. The summed E-state index contributed by atoms with van der Waals surface area (Å²) in [6, 6.07) is 50.1. The number of hydrogen-bond acceptors (Lipinski definition) is 11. The lowest BCUT2D eigenvalue weighted by atomic mass is 9.77. The number of allylic oxidation sites excluding steroid dienone is 6. The highest BCUT2D eigenvalue weighted by Gasteiger charge is 2.29. The van der Waals surface area contributed by atoms with Crippen molar-refractivity contribution in [3.05, 3.63) is 197 Å². The quantitative estimate of drug-likeness (QED) is 0.0335. The number of rotatable bonds is 25. The summed E-state index contributed by atoms with van der Waals surface area (Å²) in [6.45, 7) is 6.02. The lowest BCUT2D eigenvalue weighted by Gasteiger charge is -2.29. The topological polar surface area (TPSA) is 117 Å². The molecule has 392 valence electrons. The molecule has 7 aromatic rings. The van der Waals surface area contributed by atoms with Crippen molar-refractivity contribution in [1.29, 1.82) is 0 Å². The number of ether oxygens (including phenoxy) is 6. The number of fused-ring (bicyclic) bond motifs is 3. The number of anilines is 1. The molecule has 2 heterocycles. The monoisotopic (exact) mass is 1080 g/mol. The SMILES string of the molecule is O=S(=O)(O)c1ccc(OCCOCCOCCN2C(=CC3=CC4=CC(=Cc5sc6ccc(-c7ccccc7)cc6[n+]5CCOCCOCCOc5ccccc5)CCC4CC3)Sc3ccc(-c4ccccc4)cc32)cc1. The van der Waals surface area contributed by atoms with Crippen molar-refractivity contribution in [3.63, 3.8) is 0 Å². The minimum absolute atomic E-state index is 0.178. The predicted molar refractivity (Wildman–Crippen MR) is 304 cm³/mol. The number of hydrogen-bond donors (Lipinski definition) is 1. The summed E-state index contributed by atoms with van der Waals surface area (Å²) >= 11 is 3.67. The van der Waals surface area contributed by atoms with Gasteiger partial charge in [0, 0.05) is 23.6 Å². The highest BCUT2D eigenvalue weighted by atomic mass is 32.2. The molecule has 0 saturated carbocycles. The Morgan fingerprint density at radius 3 is 1.87 bits per heavy atom. The molecule has 1 aliphatic heterocycles. The molecular formula is C62H63N2O9S3+. The predicted octanol–water partition coefficient (Wildman–Crippen LogP) is 12.9. The molecular weight excluding hydrogens is 1010 g/mol. The second-order valence-electron chi connectivity index (χ2n) is 18.7. The van der Waals surface area contributed by atoms with Crippen molar-refractivity contribution >= 4 is 55.2 Å². The fourth-order valence-electron chi connectivity index (χ4n) is 9.67. The van der Waals surface area contributed by atoms with E-state index in [1.807, 2.05) is 53.4 Å². The minimum atomic E-state index is -4.25. The van der Waals surface area contributed by atoms with Gasteiger partial charge in [-0.25, -0.2) is 0 Å². The first kappa shape index (κ1) is 53.1. The fourth-order valence-corrected chi connectivity index (χ4v) is 12.4. The summed E-state index contributed by atoms with van der Waals surface area (Å²) in [5.41, 5.74) is 11.3. The summed E-state index contributed by atoms with van der Waals surface area (Å²) in [4.78, 5) is 3.46. The average Bonchev–Trinajstić information content (AvgIpc) is 4.03. The Bertz CT molecular complexity index is 3290. The third-order valence-corrected chi connectivity index (χ3v) is 16.6. The molecule has 11 nitrogen and oxygen atoms in total. The van der Waals surface area contributed by atoms with Gasteiger partial charge < -0.3 is 33.3 Å². The second kappa shape index (κ2) is 26.1. The third-order valence-electron chi connectivity index (χ3n) is 13.6. The molecule has 1 N–H and O–H groups in total. The lowest BCUT2D eigenvalue weighted by Crippen LogP contribution is -2.37. The van der Waals surface area contributed by atoms with Crippen LogP contribution in [0.1, 0.15) is 30.7 Å². The molecule has 1 atom stereocenters. The van der Waals surface area contributed by atoms with Crippen LogP contribution < -0.4 is 18.9 Å². The van der Waals surface area contributed by atoms with Gasteiger partial charge in [-0.1, -0.05) is 126 Å². The van der Waals surface area contributed by atoms with Crippen molar-refractivity contribution in [2.24, 2.45) is 5.92 Å². The number of thiazole rings is 1. The molecule has 0 saturated heterocycles. The van der Waals surface area contributed by atoms with Crippen molar-refractivity contribution in [2.45, 2.75) is 42.0 Å². The Labute approximate surface area is 454 Å². The Morgan fingerprint density at radius 2 is 1.18 bits per heavy atom. The zero-order valence-electron chi connectivity index (χ0n) is 42.5. The molecule has 2 aliphatic carbocycles. The van der Waals surface area contributed by atoms with Gasteiger partial charge >= 0.3 is 0 Å². The number of nitrogens with zero attached hydrogens (tertiary/aromatic N) is 2. The van der Waals surface area contributed by atoms with Gasteiger partial charge in [0.15, 0.2) is 6.54 Å². The van der Waals surface area contributed by atoms with Crippen LogP contribution in [0.15, 0.2) is 201 Å². The normalized spacial score (nSPS) is 16.4. The zero-order valence-corrected chi connectivity index (χ0v) is 44.9. The Morgan fingerprint density at radius 1 is 0.592 bits per heavy atom. The van der Waals surface area contributed by atoms with Crippen molar-refractivity contribution in [2.75, 3.05) is 77.5 Å². The maximum absolute atomic E-state index is 11.3. The first-order valence-corrected chi connectivity index (χ1v) is 29.1. The number of benzene rings is 6. The van der Waals surface area contributed by atoms with Crippen molar-refractivity contribution < 1.29 is 46.0 Å². The van der Waals surface area contributed by atoms with Gasteiger partial charge in [-0.2, -0.15) is 13.0 Å². The summed E-state index contributed by atoms with van der Waals surface area (Å²) in [7, 11) is -4.25. The van der Waals surface area contributed by atoms with Crippen LogP contribution in [0.4, 0.5) is 5.69 Å². The maximum atomic E-state index is 11.3. The maximum Gasteiger partial charge on any atom is 0.294 e. The first-order valence-electron chi connectivity index (χ1n) is 26.0. The number of aromatic nitrogens is 1. The molecule has 0 radical (unpaired) electrons. The van der Waals surface area contributed by atoms with E-state index in [-0.39, 0.29) is 4.90 Å². The largest absolute Gasteiger partial charge is 0.491 e. The highest BCUT2D eigenvalue weighted by Crippen LogP contribution is 2.49. The van der Waals surface area contributed by atoms with Gasteiger partial charge in [0.25, 0.3) is 15.1 Å². The van der Waals surface area contributed by atoms with Crippen LogP contribution in [0, 0.1) is 5.92 Å². The van der Waals surface area contributed by atoms with Crippen LogP contribution in [0.5, 0.6) is 11.5 Å². The van der Waals surface area contributed by atoms with E-state index >= 15 is 0 Å². The molecule has 1 unspecified atom stereocenters. The molecule has 3 aliphatic rings. The van der Waals surface area contributed by atoms with Gasteiger partial charge in [-0.05, 0) is 131 Å². The summed E-state index contributed by atoms with van der Waals surface area (Å²) < 4.78 is 70.9. The van der Waals surface area contributed by atoms with Gasteiger partial charge in [-0.3, -0.25) is 4.55 Å². The van der Waals surface area contributed by atoms with Crippen molar-refractivity contribution in [3.8, 4) is 33.8 Å². The highest BCUT2D eigenvalue weighted by molar-refractivity contribution is 8.03. The van der Waals surface area contributed by atoms with Crippen molar-refractivity contribution in [1.82, 2.24) is 0 Å².